The third-order valence-electron chi connectivity index (χ3n) is 2.15. The van der Waals surface area contributed by atoms with E-state index in [1.165, 1.54) is 25.0 Å². The summed E-state index contributed by atoms with van der Waals surface area (Å²) >= 11 is 1.82. The van der Waals surface area contributed by atoms with Crippen LogP contribution in [0, 0.1) is 0 Å². The van der Waals surface area contributed by atoms with Crippen LogP contribution in [0.15, 0.2) is 35.7 Å². The Balaban J connectivity index is 0.000000141. The normalized spacial score (nSPS) is 21.4. The first-order valence-electron chi connectivity index (χ1n) is 6.08. The zero-order chi connectivity index (χ0) is 12.9. The number of rotatable bonds is 2. The highest BCUT2D eigenvalue weighted by molar-refractivity contribution is 7.97. The van der Waals surface area contributed by atoms with Crippen LogP contribution in [0.4, 0.5) is 0 Å². The lowest BCUT2D eigenvalue weighted by atomic mass is 10.4. The van der Waals surface area contributed by atoms with E-state index in [9.17, 15) is 0 Å². The number of hydrogen-bond acceptors (Lipinski definition) is 6. The Hall–Kier alpha value is -0.820. The van der Waals surface area contributed by atoms with Crippen molar-refractivity contribution in [2.24, 2.45) is 0 Å². The van der Waals surface area contributed by atoms with Crippen LogP contribution in [0.3, 0.4) is 0 Å². The molecule has 2 fully saturated rings. The molecular weight excluding hydrogens is 250 g/mol. The minimum Gasteiger partial charge on any atom is -0.365 e. The van der Waals surface area contributed by atoms with Crippen LogP contribution in [-0.2, 0) is 4.74 Å². The molecule has 0 spiro atoms. The van der Waals surface area contributed by atoms with Crippen LogP contribution in [0.2, 0.25) is 0 Å². The molecule has 1 atom stereocenters. The van der Waals surface area contributed by atoms with Crippen molar-refractivity contribution in [3.05, 3.63) is 31.2 Å². The van der Waals surface area contributed by atoms with Gasteiger partial charge in [-0.1, -0.05) is 23.2 Å². The first kappa shape index (κ1) is 15.2. The summed E-state index contributed by atoms with van der Waals surface area (Å²) in [4.78, 5) is 0. The molecule has 0 saturated carbocycles. The molecule has 1 aromatic heterocycles. The molecule has 3 rings (SSSR count). The predicted molar refractivity (Wildman–Crippen MR) is 74.1 cm³/mol. The van der Waals surface area contributed by atoms with Crippen molar-refractivity contribution in [2.75, 3.05) is 25.4 Å². The molecule has 0 aliphatic carbocycles. The van der Waals surface area contributed by atoms with Crippen molar-refractivity contribution in [3.63, 3.8) is 0 Å². The van der Waals surface area contributed by atoms with E-state index in [4.69, 9.17) is 4.74 Å². The lowest BCUT2D eigenvalue weighted by Gasteiger charge is -2.03. The van der Waals surface area contributed by atoms with Crippen molar-refractivity contribution in [1.82, 2.24) is 15.2 Å². The number of aromatic nitrogens is 1. The van der Waals surface area contributed by atoms with Crippen molar-refractivity contribution < 1.29 is 9.26 Å². The number of hydrogen-bond donors (Lipinski definition) is 2. The fourth-order valence-corrected chi connectivity index (χ4v) is 2.04. The van der Waals surface area contributed by atoms with Gasteiger partial charge in [-0.2, -0.15) is 0 Å². The first-order valence-corrected chi connectivity index (χ1v) is 7.07. The van der Waals surface area contributed by atoms with Gasteiger partial charge in [0.1, 0.15) is 12.5 Å². The minimum atomic E-state index is 0.243. The summed E-state index contributed by atoms with van der Waals surface area (Å²) in [6.07, 6.45) is 7.47. The van der Waals surface area contributed by atoms with Gasteiger partial charge in [-0.05, 0) is 12.5 Å². The molecule has 2 saturated heterocycles. The Morgan fingerprint density at radius 2 is 2.44 bits per heavy atom. The van der Waals surface area contributed by atoms with Gasteiger partial charge in [0, 0.05) is 25.3 Å². The maximum absolute atomic E-state index is 5.21. The summed E-state index contributed by atoms with van der Waals surface area (Å²) in [5, 5.41) is 6.51. The minimum absolute atomic E-state index is 0.243. The molecule has 0 radical (unpaired) electrons. The molecule has 102 valence electrons. The molecular formula is C12H21N3O2S. The van der Waals surface area contributed by atoms with Crippen molar-refractivity contribution in [1.29, 1.82) is 0 Å². The molecule has 1 unspecified atom stereocenters. The fourth-order valence-electron chi connectivity index (χ4n) is 1.32. The predicted octanol–water partition coefficient (Wildman–Crippen LogP) is 1.81. The van der Waals surface area contributed by atoms with Crippen LogP contribution < -0.4 is 10.0 Å². The second-order valence-electron chi connectivity index (χ2n) is 3.62. The van der Waals surface area contributed by atoms with E-state index in [1.54, 1.807) is 12.3 Å². The van der Waals surface area contributed by atoms with E-state index >= 15 is 0 Å². The molecule has 3 heterocycles. The van der Waals surface area contributed by atoms with E-state index in [-0.39, 0.29) is 6.23 Å². The van der Waals surface area contributed by atoms with Crippen molar-refractivity contribution >= 4 is 11.9 Å². The highest BCUT2D eigenvalue weighted by Crippen LogP contribution is 2.02. The van der Waals surface area contributed by atoms with Crippen LogP contribution in [0.25, 0.3) is 0 Å². The Morgan fingerprint density at radius 1 is 1.50 bits per heavy atom. The lowest BCUT2D eigenvalue weighted by Crippen LogP contribution is -2.21. The average Bonchev–Trinajstić information content (AvgIpc) is 3.17. The zero-order valence-electron chi connectivity index (χ0n) is 10.5. The largest absolute Gasteiger partial charge is 0.365 e. The van der Waals surface area contributed by atoms with Gasteiger partial charge < -0.3 is 9.26 Å². The standard InChI is InChI=1S/C6H11NO.C3H3NO.C3H7NS/c1-2-3-6-7-4-5-8-6;2*1-2-4-5-3-1/h2,6-7H,1,3-5H2;1-3H;4H,1-3H2. The Kier molecular flexibility index (Phi) is 9.55. The van der Waals surface area contributed by atoms with E-state index in [0.717, 1.165) is 19.6 Å². The topological polar surface area (TPSA) is 59.3 Å². The second kappa shape index (κ2) is 11.3. The van der Waals surface area contributed by atoms with Gasteiger partial charge in [0.15, 0.2) is 0 Å². The molecule has 0 aromatic carbocycles. The lowest BCUT2D eigenvalue weighted by molar-refractivity contribution is 0.104. The van der Waals surface area contributed by atoms with E-state index in [2.05, 4.69) is 26.3 Å². The van der Waals surface area contributed by atoms with E-state index in [0.29, 0.717) is 0 Å². The maximum atomic E-state index is 5.21. The third-order valence-corrected chi connectivity index (χ3v) is 3.05. The van der Waals surface area contributed by atoms with Gasteiger partial charge in [0.05, 0.1) is 12.8 Å². The van der Waals surface area contributed by atoms with Gasteiger partial charge in [-0.25, -0.2) is 0 Å². The van der Waals surface area contributed by atoms with Crippen LogP contribution >= 0.6 is 11.9 Å². The molecule has 1 aromatic rings. The molecule has 2 aliphatic rings. The summed E-state index contributed by atoms with van der Waals surface area (Å²) < 4.78 is 12.7. The molecule has 2 aliphatic heterocycles. The summed E-state index contributed by atoms with van der Waals surface area (Å²) in [7, 11) is 0. The summed E-state index contributed by atoms with van der Waals surface area (Å²) in [5.74, 6) is 1.31. The fraction of sp³-hybridized carbons (Fsp3) is 0.583. The first-order chi connectivity index (χ1) is 8.93. The van der Waals surface area contributed by atoms with Crippen LogP contribution in [0.1, 0.15) is 12.8 Å². The van der Waals surface area contributed by atoms with Crippen molar-refractivity contribution in [2.45, 2.75) is 19.1 Å². The summed E-state index contributed by atoms with van der Waals surface area (Å²) in [5.41, 5.74) is 0. The van der Waals surface area contributed by atoms with Crippen LogP contribution in [0.5, 0.6) is 0 Å². The smallest absolute Gasteiger partial charge is 0.123 e. The highest BCUT2D eigenvalue weighted by Gasteiger charge is 2.10. The Labute approximate surface area is 112 Å². The second-order valence-corrected chi connectivity index (χ2v) is 4.61. The SMILES string of the molecule is C1CNSC1.C=CCC1NCCO1.c1cnoc1. The number of ether oxygens (including phenoxy) is 1. The van der Waals surface area contributed by atoms with Gasteiger partial charge >= 0.3 is 0 Å². The Bertz CT molecular complexity index is 248. The van der Waals surface area contributed by atoms with Gasteiger partial charge in [0.2, 0.25) is 0 Å². The van der Waals surface area contributed by atoms with Crippen molar-refractivity contribution in [3.8, 4) is 0 Å². The zero-order valence-corrected chi connectivity index (χ0v) is 11.3. The third kappa shape index (κ3) is 8.30. The summed E-state index contributed by atoms with van der Waals surface area (Å²) in [6.45, 7) is 6.65. The number of nitrogens with one attached hydrogen (secondary N) is 2. The van der Waals surface area contributed by atoms with Gasteiger partial charge in [-0.15, -0.1) is 6.58 Å². The van der Waals surface area contributed by atoms with E-state index < -0.39 is 0 Å². The van der Waals surface area contributed by atoms with E-state index in [1.807, 2.05) is 18.0 Å². The van der Waals surface area contributed by atoms with Crippen LogP contribution in [-0.4, -0.2) is 36.8 Å². The number of nitrogens with zero attached hydrogens (tertiary/aromatic N) is 1. The monoisotopic (exact) mass is 271 g/mol. The summed E-state index contributed by atoms with van der Waals surface area (Å²) in [6, 6.07) is 1.72. The molecule has 0 amide bonds. The molecule has 5 nitrogen and oxygen atoms in total. The molecule has 18 heavy (non-hydrogen) atoms. The maximum Gasteiger partial charge on any atom is 0.123 e. The molecule has 2 N–H and O–H groups in total. The Morgan fingerprint density at radius 3 is 2.78 bits per heavy atom. The highest BCUT2D eigenvalue weighted by atomic mass is 32.2. The van der Waals surface area contributed by atoms with Gasteiger partial charge in [-0.3, -0.25) is 10.0 Å². The molecule has 6 heteroatoms. The average molecular weight is 271 g/mol. The van der Waals surface area contributed by atoms with Gasteiger partial charge in [0.25, 0.3) is 0 Å². The molecule has 0 bridgehead atoms. The quantitative estimate of drug-likeness (QED) is 0.632.